The number of hydrogen-bond donors (Lipinski definition) is 0. The van der Waals surface area contributed by atoms with Crippen molar-refractivity contribution in [2.45, 2.75) is 57.5 Å². The van der Waals surface area contributed by atoms with E-state index in [1.807, 2.05) is 24.3 Å². The monoisotopic (exact) mass is 585 g/mol. The lowest BCUT2D eigenvalue weighted by atomic mass is 9.71. The SMILES string of the molecule is COc1cc(C2C3=C(CCCC3=O)N(CCc3ccccc3)C3=C2C(=O)CCC3)cc(Cl)c1OCc1cccc(F)c1. The molecule has 1 aliphatic heterocycles. The molecule has 0 saturated heterocycles. The third-order valence-corrected chi connectivity index (χ3v) is 8.69. The summed E-state index contributed by atoms with van der Waals surface area (Å²) in [5.41, 5.74) is 6.08. The molecule has 0 N–H and O–H groups in total. The van der Waals surface area contributed by atoms with E-state index in [4.69, 9.17) is 21.1 Å². The number of carbonyl (C=O) groups excluding carboxylic acids is 2. The van der Waals surface area contributed by atoms with Crippen molar-refractivity contribution in [1.82, 2.24) is 4.90 Å². The molecule has 0 radical (unpaired) electrons. The Hall–Kier alpha value is -3.90. The number of allylic oxidation sites excluding steroid dienone is 4. The van der Waals surface area contributed by atoms with E-state index < -0.39 is 5.92 Å². The van der Waals surface area contributed by atoms with Crippen molar-refractivity contribution in [3.05, 3.63) is 117 Å². The summed E-state index contributed by atoms with van der Waals surface area (Å²) < 4.78 is 25.4. The van der Waals surface area contributed by atoms with Crippen molar-refractivity contribution in [1.29, 1.82) is 0 Å². The van der Waals surface area contributed by atoms with E-state index in [0.717, 1.165) is 49.1 Å². The van der Waals surface area contributed by atoms with Gasteiger partial charge in [-0.25, -0.2) is 4.39 Å². The van der Waals surface area contributed by atoms with Gasteiger partial charge in [-0.05, 0) is 73.1 Å². The van der Waals surface area contributed by atoms with Gasteiger partial charge in [0.25, 0.3) is 0 Å². The quantitative estimate of drug-likeness (QED) is 0.271. The van der Waals surface area contributed by atoms with Crippen molar-refractivity contribution >= 4 is 23.2 Å². The molecule has 1 heterocycles. The summed E-state index contributed by atoms with van der Waals surface area (Å²) in [6.45, 7) is 0.820. The van der Waals surface area contributed by atoms with Crippen LogP contribution < -0.4 is 9.47 Å². The Morgan fingerprint density at radius 2 is 1.52 bits per heavy atom. The lowest BCUT2D eigenvalue weighted by Crippen LogP contribution is -2.40. The van der Waals surface area contributed by atoms with Crippen LogP contribution in [0.2, 0.25) is 5.02 Å². The number of hydrogen-bond acceptors (Lipinski definition) is 5. The Balaban J connectivity index is 1.41. The van der Waals surface area contributed by atoms with Crippen molar-refractivity contribution in [2.24, 2.45) is 0 Å². The number of ether oxygens (including phenoxy) is 2. The van der Waals surface area contributed by atoms with Gasteiger partial charge < -0.3 is 14.4 Å². The molecule has 0 aromatic heterocycles. The molecule has 0 bridgehead atoms. The molecule has 0 spiro atoms. The molecule has 6 rings (SSSR count). The summed E-state index contributed by atoms with van der Waals surface area (Å²) in [5, 5.41) is 0.308. The largest absolute Gasteiger partial charge is 0.493 e. The van der Waals surface area contributed by atoms with Gasteiger partial charge in [0.1, 0.15) is 12.4 Å². The average molecular weight is 586 g/mol. The Labute approximate surface area is 250 Å². The lowest BCUT2D eigenvalue weighted by molar-refractivity contribution is -0.117. The maximum atomic E-state index is 13.7. The first-order valence-corrected chi connectivity index (χ1v) is 14.9. The molecular weight excluding hydrogens is 553 g/mol. The number of methoxy groups -OCH3 is 1. The highest BCUT2D eigenvalue weighted by molar-refractivity contribution is 6.32. The predicted octanol–water partition coefficient (Wildman–Crippen LogP) is 7.72. The summed E-state index contributed by atoms with van der Waals surface area (Å²) in [7, 11) is 1.53. The molecule has 42 heavy (non-hydrogen) atoms. The van der Waals surface area contributed by atoms with Crippen LogP contribution >= 0.6 is 11.6 Å². The molecule has 0 saturated carbocycles. The number of rotatable bonds is 8. The predicted molar refractivity (Wildman–Crippen MR) is 160 cm³/mol. The first kappa shape index (κ1) is 28.2. The van der Waals surface area contributed by atoms with Crippen LogP contribution in [0.5, 0.6) is 11.5 Å². The number of nitrogens with zero attached hydrogens (tertiary/aromatic N) is 1. The minimum absolute atomic E-state index is 0.0809. The van der Waals surface area contributed by atoms with Crippen molar-refractivity contribution in [2.75, 3.05) is 13.7 Å². The van der Waals surface area contributed by atoms with Gasteiger partial charge >= 0.3 is 0 Å². The molecule has 0 atom stereocenters. The molecular formula is C35H33ClFNO4. The van der Waals surface area contributed by atoms with Crippen molar-refractivity contribution in [3.63, 3.8) is 0 Å². The number of benzene rings is 3. The van der Waals surface area contributed by atoms with Crippen LogP contribution in [0, 0.1) is 5.82 Å². The van der Waals surface area contributed by atoms with Gasteiger partial charge in [-0.2, -0.15) is 0 Å². The van der Waals surface area contributed by atoms with Crippen LogP contribution in [0.4, 0.5) is 4.39 Å². The summed E-state index contributed by atoms with van der Waals surface area (Å²) in [6.07, 6.45) is 4.89. The van der Waals surface area contributed by atoms with Crippen LogP contribution in [0.15, 0.2) is 89.3 Å². The van der Waals surface area contributed by atoms with Gasteiger partial charge in [-0.15, -0.1) is 0 Å². The minimum atomic E-state index is -0.507. The maximum Gasteiger partial charge on any atom is 0.180 e. The van der Waals surface area contributed by atoms with E-state index in [0.29, 0.717) is 52.6 Å². The molecule has 0 unspecified atom stereocenters. The van der Waals surface area contributed by atoms with Gasteiger partial charge in [-0.3, -0.25) is 9.59 Å². The molecule has 216 valence electrons. The first-order valence-electron chi connectivity index (χ1n) is 14.5. The van der Waals surface area contributed by atoms with Gasteiger partial charge in [0.05, 0.1) is 12.1 Å². The zero-order valence-electron chi connectivity index (χ0n) is 23.6. The van der Waals surface area contributed by atoms with E-state index >= 15 is 0 Å². The third kappa shape index (κ3) is 5.48. The van der Waals surface area contributed by atoms with Crippen LogP contribution in [0.1, 0.15) is 61.1 Å². The fourth-order valence-corrected chi connectivity index (χ4v) is 6.81. The minimum Gasteiger partial charge on any atom is -0.493 e. The van der Waals surface area contributed by atoms with Crippen LogP contribution in [-0.2, 0) is 22.6 Å². The number of ketones is 2. The highest BCUT2D eigenvalue weighted by Gasteiger charge is 2.43. The Kier molecular flexibility index (Phi) is 8.16. The maximum absolute atomic E-state index is 13.7. The summed E-state index contributed by atoms with van der Waals surface area (Å²) in [4.78, 5) is 29.6. The number of carbonyl (C=O) groups is 2. The van der Waals surface area contributed by atoms with Gasteiger partial charge in [-0.1, -0.05) is 54.1 Å². The van der Waals surface area contributed by atoms with Gasteiger partial charge in [0.2, 0.25) is 0 Å². The van der Waals surface area contributed by atoms with Gasteiger partial charge in [0.15, 0.2) is 23.1 Å². The third-order valence-electron chi connectivity index (χ3n) is 8.41. The second-order valence-corrected chi connectivity index (χ2v) is 11.5. The van der Waals surface area contributed by atoms with E-state index in [1.54, 1.807) is 18.2 Å². The molecule has 3 aromatic rings. The topological polar surface area (TPSA) is 55.8 Å². The zero-order valence-corrected chi connectivity index (χ0v) is 24.4. The Morgan fingerprint density at radius 3 is 2.17 bits per heavy atom. The molecule has 0 amide bonds. The molecule has 3 aliphatic rings. The molecule has 0 fully saturated rings. The van der Waals surface area contributed by atoms with Crippen molar-refractivity contribution < 1.29 is 23.5 Å². The van der Waals surface area contributed by atoms with E-state index in [9.17, 15) is 14.0 Å². The average Bonchev–Trinajstić information content (AvgIpc) is 2.99. The zero-order chi connectivity index (χ0) is 29.2. The highest BCUT2D eigenvalue weighted by atomic mass is 35.5. The number of halogens is 2. The van der Waals surface area contributed by atoms with Crippen molar-refractivity contribution in [3.8, 4) is 11.5 Å². The van der Waals surface area contributed by atoms with Crippen LogP contribution in [-0.4, -0.2) is 30.1 Å². The Morgan fingerprint density at radius 1 is 0.857 bits per heavy atom. The van der Waals surface area contributed by atoms with E-state index in [2.05, 4.69) is 17.0 Å². The molecule has 3 aromatic carbocycles. The van der Waals surface area contributed by atoms with Crippen LogP contribution in [0.3, 0.4) is 0 Å². The molecule has 7 heteroatoms. The summed E-state index contributed by atoms with van der Waals surface area (Å²) in [5.74, 6) is 0.0428. The van der Waals surface area contributed by atoms with Crippen LogP contribution in [0.25, 0.3) is 0 Å². The normalized spacial score (nSPS) is 17.4. The first-order chi connectivity index (χ1) is 20.4. The fourth-order valence-electron chi connectivity index (χ4n) is 6.53. The molecule has 5 nitrogen and oxygen atoms in total. The summed E-state index contributed by atoms with van der Waals surface area (Å²) in [6, 6.07) is 20.1. The standard InChI is InChI=1S/C35H33ClFNO4/c1-41-31-20-24(19-26(36)35(31)42-21-23-10-5-11-25(37)18-23)32-33-27(12-6-14-29(33)39)38(17-16-22-8-3-2-4-9-22)28-13-7-15-30(40)34(28)32/h2-5,8-11,18-20,32H,6-7,12-17,21H2,1H3. The second kappa shape index (κ2) is 12.1. The summed E-state index contributed by atoms with van der Waals surface area (Å²) >= 11 is 6.81. The lowest BCUT2D eigenvalue weighted by Gasteiger charge is -2.44. The van der Waals surface area contributed by atoms with E-state index in [1.165, 1.54) is 24.8 Å². The van der Waals surface area contributed by atoms with E-state index in [-0.39, 0.29) is 24.0 Å². The number of Topliss-reactive ketones (excluding diaryl/α,β-unsaturated/α-hetero) is 2. The highest BCUT2D eigenvalue weighted by Crippen LogP contribution is 2.51. The second-order valence-electron chi connectivity index (χ2n) is 11.0. The van der Waals surface area contributed by atoms with Gasteiger partial charge in [0, 0.05) is 47.8 Å². The smallest absolute Gasteiger partial charge is 0.180 e. The fraction of sp³-hybridized carbons (Fsp3) is 0.314. The molecule has 2 aliphatic carbocycles. The Bertz CT molecular complexity index is 1550.